The number of rotatable bonds is 7. The van der Waals surface area contributed by atoms with Crippen LogP contribution in [0.25, 0.3) is 0 Å². The van der Waals surface area contributed by atoms with E-state index in [1.54, 1.807) is 49.6 Å². The van der Waals surface area contributed by atoms with Crippen molar-refractivity contribution in [3.63, 3.8) is 0 Å². The van der Waals surface area contributed by atoms with Crippen molar-refractivity contribution in [3.05, 3.63) is 77.3 Å². The number of sulfonamides is 1. The number of nitrogens with zero attached hydrogens (tertiary/aromatic N) is 1. The van der Waals surface area contributed by atoms with Gasteiger partial charge < -0.3 is 14.8 Å². The van der Waals surface area contributed by atoms with Crippen molar-refractivity contribution in [1.82, 2.24) is 0 Å². The van der Waals surface area contributed by atoms with E-state index in [4.69, 9.17) is 21.1 Å². The van der Waals surface area contributed by atoms with Crippen molar-refractivity contribution in [1.29, 1.82) is 0 Å². The maximum atomic E-state index is 12.8. The molecule has 7 nitrogen and oxygen atoms in total. The Hall–Kier alpha value is -3.23. The van der Waals surface area contributed by atoms with E-state index in [1.807, 2.05) is 0 Å². The third kappa shape index (κ3) is 4.92. The number of carbonyl (C=O) groups excluding carboxylic acids is 1. The molecule has 3 aromatic rings. The van der Waals surface area contributed by atoms with Gasteiger partial charge in [-0.3, -0.25) is 9.10 Å². The van der Waals surface area contributed by atoms with Crippen molar-refractivity contribution in [2.75, 3.05) is 30.9 Å². The van der Waals surface area contributed by atoms with Gasteiger partial charge in [-0.1, -0.05) is 11.6 Å². The zero-order chi connectivity index (χ0) is 22.6. The summed E-state index contributed by atoms with van der Waals surface area (Å²) < 4.78 is 37.2. The minimum Gasteiger partial charge on any atom is -0.497 e. The van der Waals surface area contributed by atoms with E-state index in [9.17, 15) is 13.2 Å². The molecule has 1 amide bonds. The van der Waals surface area contributed by atoms with E-state index >= 15 is 0 Å². The summed E-state index contributed by atoms with van der Waals surface area (Å²) in [6, 6.07) is 17.2. The van der Waals surface area contributed by atoms with Crippen molar-refractivity contribution in [2.24, 2.45) is 0 Å². The fraction of sp³-hybridized carbons (Fsp3) is 0.136. The maximum absolute atomic E-state index is 12.8. The Morgan fingerprint density at radius 3 is 2.16 bits per heavy atom. The van der Waals surface area contributed by atoms with Crippen LogP contribution in [0.15, 0.2) is 71.6 Å². The zero-order valence-electron chi connectivity index (χ0n) is 17.1. The van der Waals surface area contributed by atoms with E-state index in [1.165, 1.54) is 38.4 Å². The van der Waals surface area contributed by atoms with Gasteiger partial charge in [0.15, 0.2) is 0 Å². The molecule has 0 radical (unpaired) electrons. The van der Waals surface area contributed by atoms with E-state index in [2.05, 4.69) is 5.32 Å². The van der Waals surface area contributed by atoms with Crippen LogP contribution in [0.4, 0.5) is 11.4 Å². The lowest BCUT2D eigenvalue weighted by Gasteiger charge is -2.20. The Balaban J connectivity index is 1.78. The predicted octanol–water partition coefficient (Wildman–Crippen LogP) is 4.43. The van der Waals surface area contributed by atoms with Crippen LogP contribution in [0.1, 0.15) is 10.4 Å². The van der Waals surface area contributed by atoms with Gasteiger partial charge in [-0.2, -0.15) is 0 Å². The first-order valence-corrected chi connectivity index (χ1v) is 11.0. The van der Waals surface area contributed by atoms with Gasteiger partial charge in [0.1, 0.15) is 11.5 Å². The molecule has 162 valence electrons. The first kappa shape index (κ1) is 22.5. The number of amides is 1. The molecular weight excluding hydrogens is 440 g/mol. The predicted molar refractivity (Wildman–Crippen MR) is 121 cm³/mol. The molecule has 0 unspecified atom stereocenters. The number of nitrogens with one attached hydrogen (secondary N) is 1. The molecule has 0 aromatic heterocycles. The molecular formula is C22H21ClN2O5S. The van der Waals surface area contributed by atoms with Gasteiger partial charge in [-0.05, 0) is 60.7 Å². The molecule has 0 bridgehead atoms. The van der Waals surface area contributed by atoms with Crippen LogP contribution in [0.3, 0.4) is 0 Å². The minimum absolute atomic E-state index is 0.118. The summed E-state index contributed by atoms with van der Waals surface area (Å²) in [6.07, 6.45) is 0. The SMILES string of the molecule is COc1ccc(NC(=O)c2ccc(N(C)S(=O)(=O)c3ccc(Cl)cc3)cc2)c(OC)c1. The lowest BCUT2D eigenvalue weighted by Crippen LogP contribution is -2.26. The topological polar surface area (TPSA) is 84.9 Å². The Bertz CT molecular complexity index is 1180. The van der Waals surface area contributed by atoms with Crippen LogP contribution in [-0.4, -0.2) is 35.6 Å². The Morgan fingerprint density at radius 1 is 0.935 bits per heavy atom. The summed E-state index contributed by atoms with van der Waals surface area (Å²) in [6.45, 7) is 0. The second-order valence-electron chi connectivity index (χ2n) is 6.49. The molecule has 1 N–H and O–H groups in total. The standard InChI is InChI=1S/C22H21ClN2O5S/c1-25(31(27,28)19-11-6-16(23)7-12-19)17-8-4-15(5-9-17)22(26)24-20-13-10-18(29-2)14-21(20)30-3/h4-14H,1-3H3,(H,24,26). The van der Waals surface area contributed by atoms with Gasteiger partial charge in [0.05, 0.1) is 30.5 Å². The smallest absolute Gasteiger partial charge is 0.264 e. The van der Waals surface area contributed by atoms with Crippen molar-refractivity contribution < 1.29 is 22.7 Å². The Labute approximate surface area is 186 Å². The number of hydrogen-bond donors (Lipinski definition) is 1. The third-order valence-corrected chi connectivity index (χ3v) is 6.67. The first-order chi connectivity index (χ1) is 14.8. The molecule has 0 atom stereocenters. The summed E-state index contributed by atoms with van der Waals surface area (Å²) in [4.78, 5) is 12.7. The molecule has 31 heavy (non-hydrogen) atoms. The summed E-state index contributed by atoms with van der Waals surface area (Å²) in [5, 5.41) is 3.22. The average molecular weight is 461 g/mol. The number of benzene rings is 3. The van der Waals surface area contributed by atoms with Gasteiger partial charge in [0, 0.05) is 23.7 Å². The fourth-order valence-electron chi connectivity index (χ4n) is 2.82. The monoisotopic (exact) mass is 460 g/mol. The highest BCUT2D eigenvalue weighted by Gasteiger charge is 2.21. The van der Waals surface area contributed by atoms with Gasteiger partial charge in [0.2, 0.25) is 0 Å². The average Bonchev–Trinajstić information content (AvgIpc) is 2.79. The molecule has 0 aliphatic rings. The van der Waals surface area contributed by atoms with Crippen LogP contribution in [0.5, 0.6) is 11.5 Å². The lowest BCUT2D eigenvalue weighted by atomic mass is 10.2. The zero-order valence-corrected chi connectivity index (χ0v) is 18.7. The number of halogens is 1. The molecule has 0 saturated heterocycles. The fourth-order valence-corrected chi connectivity index (χ4v) is 4.14. The molecule has 0 heterocycles. The number of ether oxygens (including phenoxy) is 2. The summed E-state index contributed by atoms with van der Waals surface area (Å²) in [5.74, 6) is 0.695. The van der Waals surface area contributed by atoms with E-state index < -0.39 is 10.0 Å². The first-order valence-electron chi connectivity index (χ1n) is 9.14. The highest BCUT2D eigenvalue weighted by molar-refractivity contribution is 7.92. The number of anilines is 2. The van der Waals surface area contributed by atoms with Crippen molar-refractivity contribution in [3.8, 4) is 11.5 Å². The van der Waals surface area contributed by atoms with Crippen LogP contribution in [0, 0.1) is 0 Å². The Morgan fingerprint density at radius 2 is 1.58 bits per heavy atom. The molecule has 0 saturated carbocycles. The van der Waals surface area contributed by atoms with E-state index in [0.717, 1.165) is 4.31 Å². The van der Waals surface area contributed by atoms with Crippen LogP contribution >= 0.6 is 11.6 Å². The van der Waals surface area contributed by atoms with Gasteiger partial charge >= 0.3 is 0 Å². The lowest BCUT2D eigenvalue weighted by molar-refractivity contribution is 0.102. The molecule has 3 rings (SSSR count). The minimum atomic E-state index is -3.76. The van der Waals surface area contributed by atoms with E-state index in [0.29, 0.717) is 33.5 Å². The van der Waals surface area contributed by atoms with E-state index in [-0.39, 0.29) is 10.8 Å². The largest absolute Gasteiger partial charge is 0.497 e. The van der Waals surface area contributed by atoms with Crippen molar-refractivity contribution >= 4 is 38.9 Å². The second-order valence-corrected chi connectivity index (χ2v) is 8.90. The molecule has 0 spiro atoms. The molecule has 0 aliphatic heterocycles. The third-order valence-electron chi connectivity index (χ3n) is 4.62. The van der Waals surface area contributed by atoms with Crippen LogP contribution in [-0.2, 0) is 10.0 Å². The van der Waals surface area contributed by atoms with Gasteiger partial charge in [0.25, 0.3) is 15.9 Å². The highest BCUT2D eigenvalue weighted by atomic mass is 35.5. The Kier molecular flexibility index (Phi) is 6.72. The number of hydrogen-bond acceptors (Lipinski definition) is 5. The number of carbonyl (C=O) groups is 1. The molecule has 0 fully saturated rings. The molecule has 3 aromatic carbocycles. The summed E-state index contributed by atoms with van der Waals surface area (Å²) in [5.41, 5.74) is 1.26. The summed E-state index contributed by atoms with van der Waals surface area (Å²) in [7, 11) is 0.722. The normalized spacial score (nSPS) is 11.0. The highest BCUT2D eigenvalue weighted by Crippen LogP contribution is 2.30. The second kappa shape index (κ2) is 9.28. The van der Waals surface area contributed by atoms with Crippen LogP contribution in [0.2, 0.25) is 5.02 Å². The van der Waals surface area contributed by atoms with Gasteiger partial charge in [-0.15, -0.1) is 0 Å². The number of methoxy groups -OCH3 is 2. The quantitative estimate of drug-likeness (QED) is 0.563. The van der Waals surface area contributed by atoms with Crippen LogP contribution < -0.4 is 19.1 Å². The maximum Gasteiger partial charge on any atom is 0.264 e. The molecule has 9 heteroatoms. The summed E-state index contributed by atoms with van der Waals surface area (Å²) >= 11 is 5.84. The van der Waals surface area contributed by atoms with Crippen molar-refractivity contribution in [2.45, 2.75) is 4.90 Å². The van der Waals surface area contributed by atoms with Gasteiger partial charge in [-0.25, -0.2) is 8.42 Å². The molecule has 0 aliphatic carbocycles.